The molecule has 27 heavy (non-hydrogen) atoms. The van der Waals surface area contributed by atoms with E-state index in [9.17, 15) is 13.2 Å². The van der Waals surface area contributed by atoms with Crippen LogP contribution in [0.15, 0.2) is 42.5 Å². The zero-order chi connectivity index (χ0) is 20.0. The van der Waals surface area contributed by atoms with Crippen molar-refractivity contribution in [2.24, 2.45) is 0 Å². The smallest absolute Gasteiger partial charge is 0.232 e. The molecule has 0 heterocycles. The number of rotatable bonds is 8. The zero-order valence-corrected chi connectivity index (χ0v) is 17.1. The van der Waals surface area contributed by atoms with Crippen LogP contribution in [-0.4, -0.2) is 34.2 Å². The first-order chi connectivity index (χ1) is 12.7. The van der Waals surface area contributed by atoms with Crippen molar-refractivity contribution in [3.05, 3.63) is 53.1 Å². The number of anilines is 2. The zero-order valence-electron chi connectivity index (χ0n) is 15.5. The van der Waals surface area contributed by atoms with Gasteiger partial charge in [-0.2, -0.15) is 0 Å². The molecule has 0 aliphatic heterocycles. The number of sulfonamides is 1. The third kappa shape index (κ3) is 6.15. The minimum absolute atomic E-state index is 0.182. The van der Waals surface area contributed by atoms with E-state index in [2.05, 4.69) is 5.32 Å². The van der Waals surface area contributed by atoms with Gasteiger partial charge >= 0.3 is 0 Å². The number of nitrogens with one attached hydrogen (secondary N) is 1. The van der Waals surface area contributed by atoms with Crippen molar-refractivity contribution in [1.82, 2.24) is 0 Å². The lowest BCUT2D eigenvalue weighted by molar-refractivity contribution is -0.116. The van der Waals surface area contributed by atoms with Crippen molar-refractivity contribution >= 4 is 38.9 Å². The van der Waals surface area contributed by atoms with Crippen molar-refractivity contribution in [3.8, 4) is 5.75 Å². The Morgan fingerprint density at radius 1 is 1.22 bits per heavy atom. The maximum atomic E-state index is 12.1. The first-order valence-corrected chi connectivity index (χ1v) is 10.6. The summed E-state index contributed by atoms with van der Waals surface area (Å²) in [6.45, 7) is 2.07. The molecular weight excluding hydrogens is 388 g/mol. The van der Waals surface area contributed by atoms with Crippen LogP contribution in [0.4, 0.5) is 11.4 Å². The predicted octanol–water partition coefficient (Wildman–Crippen LogP) is 3.84. The van der Waals surface area contributed by atoms with E-state index in [1.165, 1.54) is 11.4 Å². The van der Waals surface area contributed by atoms with Crippen LogP contribution >= 0.6 is 11.6 Å². The molecule has 8 heteroatoms. The quantitative estimate of drug-likeness (QED) is 0.717. The monoisotopic (exact) mass is 410 g/mol. The highest BCUT2D eigenvalue weighted by atomic mass is 35.5. The minimum atomic E-state index is -3.48. The van der Waals surface area contributed by atoms with E-state index in [1.807, 2.05) is 13.0 Å². The predicted molar refractivity (Wildman–Crippen MR) is 109 cm³/mol. The molecule has 1 amide bonds. The Kier molecular flexibility index (Phi) is 7.10. The summed E-state index contributed by atoms with van der Waals surface area (Å²) >= 11 is 6.05. The fourth-order valence-corrected chi connectivity index (χ4v) is 3.67. The minimum Gasteiger partial charge on any atom is -0.497 e. The van der Waals surface area contributed by atoms with Gasteiger partial charge in [0.05, 0.1) is 19.1 Å². The second-order valence-corrected chi connectivity index (χ2v) is 8.47. The SMILES string of the molecule is COc1cccc(N(CCCC(=O)Nc2ccc(C)c(Cl)c2)S(C)(=O)=O)c1. The summed E-state index contributed by atoms with van der Waals surface area (Å²) in [5.41, 5.74) is 2.04. The van der Waals surface area contributed by atoms with E-state index in [-0.39, 0.29) is 18.9 Å². The van der Waals surface area contributed by atoms with Gasteiger partial charge in [-0.1, -0.05) is 23.7 Å². The molecule has 2 aromatic rings. The van der Waals surface area contributed by atoms with Crippen LogP contribution in [0, 0.1) is 6.92 Å². The first-order valence-electron chi connectivity index (χ1n) is 8.38. The van der Waals surface area contributed by atoms with E-state index >= 15 is 0 Å². The van der Waals surface area contributed by atoms with Crippen LogP contribution in [0.5, 0.6) is 5.75 Å². The summed E-state index contributed by atoms with van der Waals surface area (Å²) in [6.07, 6.45) is 1.69. The van der Waals surface area contributed by atoms with Crippen molar-refractivity contribution < 1.29 is 17.9 Å². The number of carbonyl (C=O) groups is 1. The highest BCUT2D eigenvalue weighted by Crippen LogP contribution is 2.24. The lowest BCUT2D eigenvalue weighted by Crippen LogP contribution is -2.31. The second-order valence-electron chi connectivity index (χ2n) is 6.15. The number of hydrogen-bond acceptors (Lipinski definition) is 4. The van der Waals surface area contributed by atoms with Crippen molar-refractivity contribution in [2.45, 2.75) is 19.8 Å². The molecule has 1 N–H and O–H groups in total. The highest BCUT2D eigenvalue weighted by Gasteiger charge is 2.18. The molecule has 0 saturated heterocycles. The summed E-state index contributed by atoms with van der Waals surface area (Å²) in [4.78, 5) is 12.1. The van der Waals surface area contributed by atoms with Gasteiger partial charge in [0, 0.05) is 29.7 Å². The summed E-state index contributed by atoms with van der Waals surface area (Å²) < 4.78 is 30.7. The number of nitrogens with zero attached hydrogens (tertiary/aromatic N) is 1. The van der Waals surface area contributed by atoms with Crippen LogP contribution in [0.3, 0.4) is 0 Å². The Morgan fingerprint density at radius 2 is 1.96 bits per heavy atom. The van der Waals surface area contributed by atoms with Crippen LogP contribution < -0.4 is 14.4 Å². The molecule has 0 spiro atoms. The average Bonchev–Trinajstić information content (AvgIpc) is 2.61. The molecule has 0 aliphatic rings. The number of halogens is 1. The molecule has 0 aliphatic carbocycles. The summed E-state index contributed by atoms with van der Waals surface area (Å²) in [5.74, 6) is 0.365. The summed E-state index contributed by atoms with van der Waals surface area (Å²) in [7, 11) is -1.96. The molecule has 2 aromatic carbocycles. The number of carbonyl (C=O) groups excluding carboxylic acids is 1. The Bertz CT molecular complexity index is 916. The Labute approximate surface area is 165 Å². The van der Waals surface area contributed by atoms with Gasteiger partial charge in [0.2, 0.25) is 15.9 Å². The van der Waals surface area contributed by atoms with Crippen LogP contribution in [0.25, 0.3) is 0 Å². The van der Waals surface area contributed by atoms with Gasteiger partial charge < -0.3 is 10.1 Å². The third-order valence-electron chi connectivity index (χ3n) is 3.96. The van der Waals surface area contributed by atoms with Gasteiger partial charge in [0.25, 0.3) is 0 Å². The highest BCUT2D eigenvalue weighted by molar-refractivity contribution is 7.92. The van der Waals surface area contributed by atoms with Gasteiger partial charge in [-0.15, -0.1) is 0 Å². The number of hydrogen-bond donors (Lipinski definition) is 1. The molecule has 0 fully saturated rings. The van der Waals surface area contributed by atoms with E-state index < -0.39 is 10.0 Å². The van der Waals surface area contributed by atoms with Crippen molar-refractivity contribution in [3.63, 3.8) is 0 Å². The second kappa shape index (κ2) is 9.10. The van der Waals surface area contributed by atoms with Crippen LogP contribution in [0.1, 0.15) is 18.4 Å². The number of amides is 1. The van der Waals surface area contributed by atoms with Crippen molar-refractivity contribution in [2.75, 3.05) is 29.5 Å². The largest absolute Gasteiger partial charge is 0.497 e. The lowest BCUT2D eigenvalue weighted by atomic mass is 10.2. The lowest BCUT2D eigenvalue weighted by Gasteiger charge is -2.22. The number of benzene rings is 2. The molecule has 0 bridgehead atoms. The van der Waals surface area contributed by atoms with Gasteiger partial charge in [0.15, 0.2) is 0 Å². The Hall–Kier alpha value is -2.25. The Morgan fingerprint density at radius 3 is 2.59 bits per heavy atom. The van der Waals surface area contributed by atoms with Crippen molar-refractivity contribution in [1.29, 1.82) is 0 Å². The van der Waals surface area contributed by atoms with Gasteiger partial charge in [-0.25, -0.2) is 8.42 Å². The average molecular weight is 411 g/mol. The van der Waals surface area contributed by atoms with Crippen LogP contribution in [0.2, 0.25) is 5.02 Å². The van der Waals surface area contributed by atoms with E-state index in [0.29, 0.717) is 28.6 Å². The fourth-order valence-electron chi connectivity index (χ4n) is 2.53. The molecular formula is C19H23ClN2O4S. The number of ether oxygens (including phenoxy) is 1. The van der Waals surface area contributed by atoms with E-state index in [0.717, 1.165) is 11.8 Å². The molecule has 0 aromatic heterocycles. The summed E-state index contributed by atoms with van der Waals surface area (Å²) in [6, 6.07) is 12.1. The Balaban J connectivity index is 1.98. The van der Waals surface area contributed by atoms with E-state index in [1.54, 1.807) is 36.4 Å². The molecule has 6 nitrogen and oxygen atoms in total. The van der Waals surface area contributed by atoms with Gasteiger partial charge in [-0.05, 0) is 43.2 Å². The fraction of sp³-hybridized carbons (Fsp3) is 0.316. The molecule has 0 radical (unpaired) electrons. The number of aryl methyl sites for hydroxylation is 1. The normalized spacial score (nSPS) is 11.1. The molecule has 0 saturated carbocycles. The van der Waals surface area contributed by atoms with Crippen LogP contribution in [-0.2, 0) is 14.8 Å². The molecule has 0 atom stereocenters. The maximum Gasteiger partial charge on any atom is 0.232 e. The van der Waals surface area contributed by atoms with Gasteiger partial charge in [0.1, 0.15) is 5.75 Å². The topological polar surface area (TPSA) is 75.7 Å². The molecule has 2 rings (SSSR count). The summed E-state index contributed by atoms with van der Waals surface area (Å²) in [5, 5.41) is 3.35. The maximum absolute atomic E-state index is 12.1. The van der Waals surface area contributed by atoms with Gasteiger partial charge in [-0.3, -0.25) is 9.10 Å². The number of methoxy groups -OCH3 is 1. The van der Waals surface area contributed by atoms with E-state index in [4.69, 9.17) is 16.3 Å². The third-order valence-corrected chi connectivity index (χ3v) is 5.56. The standard InChI is InChI=1S/C19H23ClN2O4S/c1-14-9-10-15(12-18(14)20)21-19(23)8-5-11-22(27(3,24)25)16-6-4-7-17(13-16)26-2/h4,6-7,9-10,12-13H,5,8,11H2,1-3H3,(H,21,23). The first kappa shape index (κ1) is 21.1. The molecule has 0 unspecified atom stereocenters. The molecule has 146 valence electrons.